The van der Waals surface area contributed by atoms with Crippen molar-refractivity contribution in [3.63, 3.8) is 0 Å². The topological polar surface area (TPSA) is 89.9 Å². The van der Waals surface area contributed by atoms with E-state index in [-0.39, 0.29) is 44.3 Å². The molecule has 0 atom stereocenters. The van der Waals surface area contributed by atoms with E-state index in [0.717, 1.165) is 51.4 Å². The summed E-state index contributed by atoms with van der Waals surface area (Å²) in [5.74, 6) is -1.22. The first-order chi connectivity index (χ1) is 12.6. The van der Waals surface area contributed by atoms with Crippen LogP contribution in [0, 0.1) is 0 Å². The minimum atomic E-state index is -0.718. The van der Waals surface area contributed by atoms with Crippen molar-refractivity contribution in [3.8, 4) is 0 Å². The maximum Gasteiger partial charge on any atom is 2.00 e. The molecular formula is C20H36MgO6. The molecule has 0 unspecified atom stereocenters. The molecule has 0 saturated heterocycles. The Morgan fingerprint density at radius 2 is 1.26 bits per heavy atom. The minimum Gasteiger partial charge on any atom is -1.00 e. The van der Waals surface area contributed by atoms with Gasteiger partial charge in [-0.2, -0.15) is 0 Å². The van der Waals surface area contributed by atoms with Gasteiger partial charge in [-0.25, -0.2) is 4.79 Å². The Hall–Kier alpha value is -1.08. The molecule has 0 aliphatic carbocycles. The summed E-state index contributed by atoms with van der Waals surface area (Å²) in [7, 11) is 0. The van der Waals surface area contributed by atoms with Crippen LogP contribution < -0.4 is 0 Å². The van der Waals surface area contributed by atoms with Crippen molar-refractivity contribution in [3.05, 3.63) is 12.2 Å². The SMILES string of the molecule is CC=CC(=O)OCCCCOC(=O)CCCCCCCCCCC(=O)O.[H-].[H-].[Mg+2]. The predicted octanol–water partition coefficient (Wildman–Crippen LogP) is 4.26. The van der Waals surface area contributed by atoms with E-state index in [1.165, 1.54) is 6.08 Å². The van der Waals surface area contributed by atoms with Crippen LogP contribution in [-0.4, -0.2) is 59.3 Å². The number of allylic oxidation sites excluding steroid dienone is 1. The van der Waals surface area contributed by atoms with E-state index in [1.54, 1.807) is 13.0 Å². The zero-order valence-corrected chi connectivity index (χ0v) is 18.2. The van der Waals surface area contributed by atoms with Gasteiger partial charge in [-0.15, -0.1) is 0 Å². The number of ether oxygens (including phenoxy) is 2. The molecule has 7 heteroatoms. The Bertz CT molecular complexity index is 433. The van der Waals surface area contributed by atoms with E-state index in [1.807, 2.05) is 0 Å². The maximum atomic E-state index is 11.6. The number of rotatable bonds is 17. The summed E-state index contributed by atoms with van der Waals surface area (Å²) in [5.41, 5.74) is 0. The van der Waals surface area contributed by atoms with E-state index in [4.69, 9.17) is 14.6 Å². The molecule has 0 saturated carbocycles. The fraction of sp³-hybridized carbons (Fsp3) is 0.750. The van der Waals surface area contributed by atoms with Crippen LogP contribution in [0.15, 0.2) is 12.2 Å². The number of carbonyl (C=O) groups is 3. The van der Waals surface area contributed by atoms with E-state index in [9.17, 15) is 14.4 Å². The zero-order valence-electron chi connectivity index (χ0n) is 18.7. The van der Waals surface area contributed by atoms with E-state index >= 15 is 0 Å². The number of hydrogen-bond donors (Lipinski definition) is 1. The predicted molar refractivity (Wildman–Crippen MR) is 108 cm³/mol. The number of carboxylic acids is 1. The molecule has 0 spiro atoms. The quantitative estimate of drug-likeness (QED) is 0.171. The molecular weight excluding hydrogens is 361 g/mol. The average Bonchev–Trinajstić information content (AvgIpc) is 2.59. The van der Waals surface area contributed by atoms with E-state index in [0.29, 0.717) is 32.5 Å². The Kier molecular flexibility index (Phi) is 22.1. The second-order valence-electron chi connectivity index (χ2n) is 6.32. The molecule has 0 rings (SSSR count). The van der Waals surface area contributed by atoms with Crippen molar-refractivity contribution in [2.45, 2.75) is 84.0 Å². The molecule has 0 aromatic rings. The van der Waals surface area contributed by atoms with Crippen molar-refractivity contribution < 1.29 is 31.8 Å². The third-order valence-electron chi connectivity index (χ3n) is 3.87. The molecule has 27 heavy (non-hydrogen) atoms. The van der Waals surface area contributed by atoms with Gasteiger partial charge in [-0.05, 0) is 32.6 Å². The van der Waals surface area contributed by atoms with Crippen molar-refractivity contribution in [1.82, 2.24) is 0 Å². The molecule has 1 N–H and O–H groups in total. The molecule has 0 bridgehead atoms. The smallest absolute Gasteiger partial charge is 1.00 e. The van der Waals surface area contributed by atoms with Gasteiger partial charge in [0.05, 0.1) is 13.2 Å². The Morgan fingerprint density at radius 3 is 1.78 bits per heavy atom. The van der Waals surface area contributed by atoms with E-state index in [2.05, 4.69) is 0 Å². The summed E-state index contributed by atoms with van der Waals surface area (Å²) in [4.78, 5) is 33.0. The van der Waals surface area contributed by atoms with Gasteiger partial charge in [0.1, 0.15) is 0 Å². The van der Waals surface area contributed by atoms with Crippen molar-refractivity contribution in [2.24, 2.45) is 0 Å². The Morgan fingerprint density at radius 1 is 0.778 bits per heavy atom. The molecule has 0 aliphatic rings. The van der Waals surface area contributed by atoms with Crippen LogP contribution in [0.25, 0.3) is 0 Å². The van der Waals surface area contributed by atoms with Gasteiger partial charge in [-0.3, -0.25) is 9.59 Å². The third kappa shape index (κ3) is 22.9. The van der Waals surface area contributed by atoms with Crippen molar-refractivity contribution >= 4 is 41.0 Å². The normalized spacial score (nSPS) is 10.4. The zero-order chi connectivity index (χ0) is 19.5. The molecule has 0 radical (unpaired) electrons. The number of hydrogen-bond acceptors (Lipinski definition) is 5. The van der Waals surface area contributed by atoms with Crippen LogP contribution in [0.2, 0.25) is 0 Å². The molecule has 0 aliphatic heterocycles. The first-order valence-corrected chi connectivity index (χ1v) is 9.73. The second-order valence-corrected chi connectivity index (χ2v) is 6.32. The van der Waals surface area contributed by atoms with Gasteiger partial charge in [-0.1, -0.05) is 44.6 Å². The molecule has 6 nitrogen and oxygen atoms in total. The summed E-state index contributed by atoms with van der Waals surface area (Å²) >= 11 is 0. The number of carbonyl (C=O) groups excluding carboxylic acids is 2. The Balaban J connectivity index is -0.00000104. The number of aliphatic carboxylic acids is 1. The molecule has 0 aromatic carbocycles. The van der Waals surface area contributed by atoms with Crippen LogP contribution in [0.4, 0.5) is 0 Å². The first kappa shape index (κ1) is 28.1. The molecule has 0 aromatic heterocycles. The van der Waals surface area contributed by atoms with Gasteiger partial charge in [0, 0.05) is 18.9 Å². The fourth-order valence-electron chi connectivity index (χ4n) is 2.43. The summed E-state index contributed by atoms with van der Waals surface area (Å²) in [6, 6.07) is 0. The number of carboxylic acid groups (broad SMARTS) is 1. The van der Waals surface area contributed by atoms with Crippen LogP contribution >= 0.6 is 0 Å². The molecule has 154 valence electrons. The summed E-state index contributed by atoms with van der Waals surface area (Å²) in [6.07, 6.45) is 13.2. The standard InChI is InChI=1S/C20H34O6.Mg.2H/c1-2-13-19(23)25-16-11-12-17-26-20(24)15-10-8-6-4-3-5-7-9-14-18(21)22;;;/h2,13H,3-12,14-17H2,1H3,(H,21,22);;;/q;+2;2*-1. The summed E-state index contributed by atoms with van der Waals surface area (Å²) < 4.78 is 10.1. The Labute approximate surface area is 182 Å². The third-order valence-corrected chi connectivity index (χ3v) is 3.87. The van der Waals surface area contributed by atoms with Crippen LogP contribution in [0.3, 0.4) is 0 Å². The van der Waals surface area contributed by atoms with Crippen LogP contribution in [0.1, 0.15) is 86.8 Å². The monoisotopic (exact) mass is 396 g/mol. The molecule has 0 fully saturated rings. The summed E-state index contributed by atoms with van der Waals surface area (Å²) in [5, 5.41) is 8.53. The van der Waals surface area contributed by atoms with E-state index < -0.39 is 5.97 Å². The maximum absolute atomic E-state index is 11.6. The van der Waals surface area contributed by atoms with Crippen molar-refractivity contribution in [2.75, 3.05) is 13.2 Å². The van der Waals surface area contributed by atoms with Gasteiger partial charge in [0.15, 0.2) is 0 Å². The minimum absolute atomic E-state index is 0. The first-order valence-electron chi connectivity index (χ1n) is 9.73. The summed E-state index contributed by atoms with van der Waals surface area (Å²) in [6.45, 7) is 2.47. The largest absolute Gasteiger partial charge is 2.00 e. The van der Waals surface area contributed by atoms with Gasteiger partial charge < -0.3 is 17.4 Å². The van der Waals surface area contributed by atoms with Gasteiger partial charge in [0.25, 0.3) is 0 Å². The van der Waals surface area contributed by atoms with Crippen LogP contribution in [-0.2, 0) is 23.9 Å². The van der Waals surface area contributed by atoms with Gasteiger partial charge in [0.2, 0.25) is 0 Å². The molecule has 0 amide bonds. The molecule has 0 heterocycles. The van der Waals surface area contributed by atoms with Crippen molar-refractivity contribution in [1.29, 1.82) is 0 Å². The van der Waals surface area contributed by atoms with Gasteiger partial charge >= 0.3 is 41.0 Å². The number of unbranched alkanes of at least 4 members (excludes halogenated alkanes) is 8. The average molecular weight is 397 g/mol. The number of esters is 2. The van der Waals surface area contributed by atoms with Crippen LogP contribution in [0.5, 0.6) is 0 Å². The second kappa shape index (κ2) is 21.2. The fourth-order valence-corrected chi connectivity index (χ4v) is 2.43.